The Labute approximate surface area is 160 Å². The number of carbonyl (C=O) groups excluding carboxylic acids is 1. The van der Waals surface area contributed by atoms with Gasteiger partial charge >= 0.3 is 0 Å². The van der Waals surface area contributed by atoms with Crippen LogP contribution in [0.15, 0.2) is 53.6 Å². The third-order valence-corrected chi connectivity index (χ3v) is 5.78. The van der Waals surface area contributed by atoms with E-state index in [-0.39, 0.29) is 11.5 Å². The number of methoxy groups -OCH3 is 1. The van der Waals surface area contributed by atoms with Crippen LogP contribution in [-0.2, 0) is 16.6 Å². The number of carbonyl (C=O) groups is 1. The highest BCUT2D eigenvalue weighted by Crippen LogP contribution is 2.49. The normalized spacial score (nSPS) is 14.6. The first-order valence-electron chi connectivity index (χ1n) is 8.68. The maximum Gasteiger partial charge on any atom is 0.251 e. The van der Waals surface area contributed by atoms with Gasteiger partial charge in [-0.1, -0.05) is 18.2 Å². The highest BCUT2D eigenvalue weighted by Gasteiger charge is 2.51. The molecule has 4 rings (SSSR count). The summed E-state index contributed by atoms with van der Waals surface area (Å²) in [6.45, 7) is 0. The Hall–Kier alpha value is -2.93. The van der Waals surface area contributed by atoms with Gasteiger partial charge in [-0.3, -0.25) is 9.59 Å². The predicted molar refractivity (Wildman–Crippen MR) is 105 cm³/mol. The molecule has 2 N–H and O–H groups in total. The molecule has 0 aliphatic heterocycles. The Morgan fingerprint density at radius 1 is 1.30 bits per heavy atom. The zero-order valence-corrected chi connectivity index (χ0v) is 15.6. The molecule has 7 heteroatoms. The SMILES string of the molecule is COc1ccc(C2(C(=O)Nc3ncc(Cc4ccc[nH]c4=O)s3)CC2)cc1. The second kappa shape index (κ2) is 7.00. The third-order valence-electron chi connectivity index (χ3n) is 4.87. The molecule has 1 aliphatic rings. The minimum atomic E-state index is -0.477. The number of nitrogens with one attached hydrogen (secondary N) is 2. The van der Waals surface area contributed by atoms with Gasteiger partial charge < -0.3 is 15.0 Å². The van der Waals surface area contributed by atoms with Crippen LogP contribution in [-0.4, -0.2) is 23.0 Å². The molecule has 2 aromatic heterocycles. The lowest BCUT2D eigenvalue weighted by Crippen LogP contribution is -2.27. The number of ether oxygens (including phenoxy) is 1. The van der Waals surface area contributed by atoms with Crippen molar-refractivity contribution in [2.45, 2.75) is 24.7 Å². The standard InChI is InChI=1S/C20H19N3O3S/c1-26-15-6-4-14(5-7-15)20(8-9-20)18(25)23-19-22-12-16(27-19)11-13-3-2-10-21-17(13)24/h2-7,10,12H,8-9,11H2,1H3,(H,21,24)(H,22,23,25). The summed E-state index contributed by atoms with van der Waals surface area (Å²) in [5, 5.41) is 3.50. The van der Waals surface area contributed by atoms with Crippen molar-refractivity contribution in [1.29, 1.82) is 0 Å². The number of benzene rings is 1. The fourth-order valence-electron chi connectivity index (χ4n) is 3.13. The second-order valence-corrected chi connectivity index (χ2v) is 7.71. The summed E-state index contributed by atoms with van der Waals surface area (Å²) in [5.74, 6) is 0.738. The first-order valence-corrected chi connectivity index (χ1v) is 9.50. The Morgan fingerprint density at radius 3 is 2.74 bits per heavy atom. The molecule has 1 aromatic carbocycles. The lowest BCUT2D eigenvalue weighted by molar-refractivity contribution is -0.118. The molecular weight excluding hydrogens is 362 g/mol. The summed E-state index contributed by atoms with van der Waals surface area (Å²) in [7, 11) is 1.62. The van der Waals surface area contributed by atoms with Gasteiger partial charge in [0, 0.05) is 29.3 Å². The fraction of sp³-hybridized carbons (Fsp3) is 0.250. The zero-order valence-electron chi connectivity index (χ0n) is 14.8. The van der Waals surface area contributed by atoms with E-state index in [2.05, 4.69) is 15.3 Å². The van der Waals surface area contributed by atoms with Gasteiger partial charge in [-0.25, -0.2) is 4.98 Å². The minimum absolute atomic E-state index is 0.0360. The van der Waals surface area contributed by atoms with Gasteiger partial charge in [-0.05, 0) is 36.6 Å². The van der Waals surface area contributed by atoms with Crippen LogP contribution in [0.5, 0.6) is 5.75 Å². The average Bonchev–Trinajstić information content (AvgIpc) is 3.39. The molecule has 138 valence electrons. The van der Waals surface area contributed by atoms with Crippen molar-refractivity contribution in [3.05, 3.63) is 75.1 Å². The number of hydrogen-bond acceptors (Lipinski definition) is 5. The van der Waals surface area contributed by atoms with Crippen LogP contribution in [0.4, 0.5) is 5.13 Å². The zero-order chi connectivity index (χ0) is 18.9. The molecule has 0 spiro atoms. The summed E-state index contributed by atoms with van der Waals surface area (Å²) >= 11 is 1.39. The number of nitrogens with zero attached hydrogens (tertiary/aromatic N) is 1. The van der Waals surface area contributed by atoms with Crippen LogP contribution < -0.4 is 15.6 Å². The molecule has 0 bridgehead atoms. The van der Waals surface area contributed by atoms with E-state index in [1.54, 1.807) is 31.6 Å². The van der Waals surface area contributed by atoms with Crippen LogP contribution >= 0.6 is 11.3 Å². The van der Waals surface area contributed by atoms with E-state index >= 15 is 0 Å². The number of aromatic nitrogens is 2. The molecule has 3 aromatic rings. The summed E-state index contributed by atoms with van der Waals surface area (Å²) in [6.07, 6.45) is 5.46. The number of hydrogen-bond donors (Lipinski definition) is 2. The molecule has 2 heterocycles. The number of anilines is 1. The smallest absolute Gasteiger partial charge is 0.251 e. The topological polar surface area (TPSA) is 84.1 Å². The molecular formula is C20H19N3O3S. The van der Waals surface area contributed by atoms with Crippen molar-refractivity contribution >= 4 is 22.4 Å². The molecule has 1 aliphatic carbocycles. The van der Waals surface area contributed by atoms with Crippen molar-refractivity contribution in [1.82, 2.24) is 9.97 Å². The maximum atomic E-state index is 12.8. The van der Waals surface area contributed by atoms with E-state index in [1.165, 1.54) is 11.3 Å². The molecule has 6 nitrogen and oxygen atoms in total. The Bertz CT molecular complexity index is 1020. The number of pyridine rings is 1. The largest absolute Gasteiger partial charge is 0.497 e. The van der Waals surface area contributed by atoms with Gasteiger partial charge in [0.25, 0.3) is 5.56 Å². The maximum absolute atomic E-state index is 12.8. The number of thiazole rings is 1. The number of rotatable bonds is 6. The molecule has 0 atom stereocenters. The van der Waals surface area contributed by atoms with Crippen LogP contribution in [0.3, 0.4) is 0 Å². The number of aromatic amines is 1. The highest BCUT2D eigenvalue weighted by atomic mass is 32.1. The quantitative estimate of drug-likeness (QED) is 0.687. The first-order chi connectivity index (χ1) is 13.1. The minimum Gasteiger partial charge on any atom is -0.497 e. The van der Waals surface area contributed by atoms with Crippen molar-refractivity contribution in [3.8, 4) is 5.75 Å². The second-order valence-electron chi connectivity index (χ2n) is 6.60. The Morgan fingerprint density at radius 2 is 2.07 bits per heavy atom. The van der Waals surface area contributed by atoms with Gasteiger partial charge in [0.1, 0.15) is 5.75 Å². The Balaban J connectivity index is 1.46. The van der Waals surface area contributed by atoms with E-state index in [0.717, 1.165) is 29.0 Å². The van der Waals surface area contributed by atoms with Gasteiger partial charge in [-0.2, -0.15) is 0 Å². The molecule has 1 saturated carbocycles. The van der Waals surface area contributed by atoms with Gasteiger partial charge in [0.2, 0.25) is 5.91 Å². The summed E-state index contributed by atoms with van der Waals surface area (Å²) in [6, 6.07) is 11.2. The summed E-state index contributed by atoms with van der Waals surface area (Å²) in [5.41, 5.74) is 1.09. The predicted octanol–water partition coefficient (Wildman–Crippen LogP) is 3.10. The fourth-order valence-corrected chi connectivity index (χ4v) is 3.96. The lowest BCUT2D eigenvalue weighted by Gasteiger charge is -2.15. The van der Waals surface area contributed by atoms with E-state index in [0.29, 0.717) is 17.1 Å². The van der Waals surface area contributed by atoms with Gasteiger partial charge in [-0.15, -0.1) is 11.3 Å². The van der Waals surface area contributed by atoms with Gasteiger partial charge in [0.15, 0.2) is 5.13 Å². The number of H-pyrrole nitrogens is 1. The van der Waals surface area contributed by atoms with Crippen LogP contribution in [0.25, 0.3) is 0 Å². The number of amides is 1. The first kappa shape index (κ1) is 17.5. The molecule has 27 heavy (non-hydrogen) atoms. The van der Waals surface area contributed by atoms with Crippen LogP contribution in [0, 0.1) is 0 Å². The molecule has 1 fully saturated rings. The molecule has 0 unspecified atom stereocenters. The third kappa shape index (κ3) is 3.50. The Kier molecular flexibility index (Phi) is 4.53. The van der Waals surface area contributed by atoms with E-state index < -0.39 is 5.41 Å². The van der Waals surface area contributed by atoms with Crippen molar-refractivity contribution in [2.75, 3.05) is 12.4 Å². The van der Waals surface area contributed by atoms with E-state index in [1.807, 2.05) is 24.3 Å². The summed E-state index contributed by atoms with van der Waals surface area (Å²) < 4.78 is 5.18. The monoisotopic (exact) mass is 381 g/mol. The highest BCUT2D eigenvalue weighted by molar-refractivity contribution is 7.15. The summed E-state index contributed by atoms with van der Waals surface area (Å²) in [4.78, 5) is 32.5. The molecule has 0 saturated heterocycles. The van der Waals surface area contributed by atoms with Crippen molar-refractivity contribution in [2.24, 2.45) is 0 Å². The van der Waals surface area contributed by atoms with Crippen LogP contribution in [0.1, 0.15) is 28.8 Å². The van der Waals surface area contributed by atoms with Gasteiger partial charge in [0.05, 0.1) is 12.5 Å². The van der Waals surface area contributed by atoms with Crippen LogP contribution in [0.2, 0.25) is 0 Å². The van der Waals surface area contributed by atoms with Crippen molar-refractivity contribution < 1.29 is 9.53 Å². The lowest BCUT2D eigenvalue weighted by atomic mass is 9.95. The average molecular weight is 381 g/mol. The van der Waals surface area contributed by atoms with Crippen molar-refractivity contribution in [3.63, 3.8) is 0 Å². The van der Waals surface area contributed by atoms with E-state index in [9.17, 15) is 9.59 Å². The van der Waals surface area contributed by atoms with E-state index in [4.69, 9.17) is 4.74 Å². The molecule has 1 amide bonds. The molecule has 0 radical (unpaired) electrons.